The van der Waals surface area contributed by atoms with E-state index in [9.17, 15) is 14.0 Å². The molecule has 5 nitrogen and oxygen atoms in total. The third kappa shape index (κ3) is 3.98. The van der Waals surface area contributed by atoms with Gasteiger partial charge in [0.05, 0.1) is 5.69 Å². The van der Waals surface area contributed by atoms with Crippen LogP contribution in [0, 0.1) is 12.7 Å². The number of benzene rings is 1. The van der Waals surface area contributed by atoms with Crippen molar-refractivity contribution in [1.82, 2.24) is 9.38 Å². The predicted molar refractivity (Wildman–Crippen MR) is 91.4 cm³/mol. The lowest BCUT2D eigenvalue weighted by molar-refractivity contribution is -0.139. The van der Waals surface area contributed by atoms with Crippen LogP contribution in [-0.4, -0.2) is 15.4 Å². The molecule has 0 spiro atoms. The Bertz CT molecular complexity index is 1020. The van der Waals surface area contributed by atoms with E-state index in [2.05, 4.69) is 4.98 Å². The van der Waals surface area contributed by atoms with Crippen LogP contribution in [0.3, 0.4) is 0 Å². The van der Waals surface area contributed by atoms with Crippen molar-refractivity contribution in [2.24, 2.45) is 0 Å². The van der Waals surface area contributed by atoms with Crippen LogP contribution in [0.5, 0.6) is 0 Å². The van der Waals surface area contributed by atoms with Crippen LogP contribution in [0.1, 0.15) is 16.8 Å². The van der Waals surface area contributed by atoms with Crippen molar-refractivity contribution in [2.45, 2.75) is 13.5 Å². The Morgan fingerprint density at radius 3 is 2.92 bits per heavy atom. The van der Waals surface area contributed by atoms with Gasteiger partial charge in [-0.1, -0.05) is 18.2 Å². The first-order valence-corrected chi connectivity index (χ1v) is 7.61. The summed E-state index contributed by atoms with van der Waals surface area (Å²) < 4.78 is 19.6. The standard InChI is InChI=1S/C19H15FN2O3/c1-13-4-3-9-22-17(23)11-16(21-19(13)22)12-25-18(24)8-7-14-5-2-6-15(20)10-14/h2-11H,12H2,1H3/b8-7+. The van der Waals surface area contributed by atoms with Crippen LogP contribution >= 0.6 is 0 Å². The molecule has 0 bridgehead atoms. The van der Waals surface area contributed by atoms with Crippen LogP contribution in [0.2, 0.25) is 0 Å². The first kappa shape index (κ1) is 16.6. The normalized spacial score (nSPS) is 11.1. The summed E-state index contributed by atoms with van der Waals surface area (Å²) in [5, 5.41) is 0. The maximum Gasteiger partial charge on any atom is 0.331 e. The summed E-state index contributed by atoms with van der Waals surface area (Å²) in [7, 11) is 0. The lowest BCUT2D eigenvalue weighted by Gasteiger charge is -2.06. The minimum Gasteiger partial charge on any atom is -0.456 e. The molecule has 0 aliphatic rings. The van der Waals surface area contributed by atoms with Crippen molar-refractivity contribution < 1.29 is 13.9 Å². The second kappa shape index (κ2) is 7.09. The van der Waals surface area contributed by atoms with Crippen molar-refractivity contribution in [1.29, 1.82) is 0 Å². The second-order valence-corrected chi connectivity index (χ2v) is 5.47. The summed E-state index contributed by atoms with van der Waals surface area (Å²) in [4.78, 5) is 28.2. The summed E-state index contributed by atoms with van der Waals surface area (Å²) in [6, 6.07) is 10.8. The van der Waals surface area contributed by atoms with Crippen molar-refractivity contribution in [3.8, 4) is 0 Å². The lowest BCUT2D eigenvalue weighted by Crippen LogP contribution is -2.17. The summed E-state index contributed by atoms with van der Waals surface area (Å²) in [6.07, 6.45) is 4.29. The maximum atomic E-state index is 13.1. The number of ether oxygens (including phenoxy) is 1. The van der Waals surface area contributed by atoms with Gasteiger partial charge in [-0.25, -0.2) is 14.2 Å². The van der Waals surface area contributed by atoms with Gasteiger partial charge in [-0.05, 0) is 42.3 Å². The van der Waals surface area contributed by atoms with E-state index in [0.29, 0.717) is 16.9 Å². The Balaban J connectivity index is 1.71. The molecule has 25 heavy (non-hydrogen) atoms. The molecule has 0 aliphatic carbocycles. The Kier molecular flexibility index (Phi) is 4.70. The number of aromatic nitrogens is 2. The summed E-state index contributed by atoms with van der Waals surface area (Å²) in [6.45, 7) is 1.73. The van der Waals surface area contributed by atoms with Gasteiger partial charge in [-0.15, -0.1) is 0 Å². The largest absolute Gasteiger partial charge is 0.456 e. The van der Waals surface area contributed by atoms with Crippen LogP contribution in [0.15, 0.2) is 59.5 Å². The number of rotatable bonds is 4. The minimum absolute atomic E-state index is 0.119. The molecule has 0 saturated heterocycles. The molecule has 0 atom stereocenters. The van der Waals surface area contributed by atoms with Gasteiger partial charge in [0.15, 0.2) is 0 Å². The topological polar surface area (TPSA) is 60.7 Å². The third-order valence-electron chi connectivity index (χ3n) is 3.56. The minimum atomic E-state index is -0.601. The molecule has 3 aromatic rings. The average molecular weight is 338 g/mol. The molecule has 0 aliphatic heterocycles. The molecule has 0 radical (unpaired) electrons. The zero-order valence-corrected chi connectivity index (χ0v) is 13.5. The van der Waals surface area contributed by atoms with E-state index in [4.69, 9.17) is 4.74 Å². The number of halogens is 1. The Morgan fingerprint density at radius 1 is 1.28 bits per heavy atom. The Morgan fingerprint density at radius 2 is 2.12 bits per heavy atom. The van der Waals surface area contributed by atoms with Gasteiger partial charge in [0, 0.05) is 18.3 Å². The highest BCUT2D eigenvalue weighted by atomic mass is 19.1. The molecule has 1 aromatic carbocycles. The maximum absolute atomic E-state index is 13.1. The van der Waals surface area contributed by atoms with Gasteiger partial charge in [0.1, 0.15) is 18.1 Å². The zero-order valence-electron chi connectivity index (χ0n) is 13.5. The highest BCUT2D eigenvalue weighted by Gasteiger charge is 2.06. The second-order valence-electron chi connectivity index (χ2n) is 5.47. The molecule has 0 saturated carbocycles. The number of pyridine rings is 1. The molecule has 0 fully saturated rings. The van der Waals surface area contributed by atoms with E-state index in [-0.39, 0.29) is 18.0 Å². The van der Waals surface area contributed by atoms with E-state index >= 15 is 0 Å². The number of esters is 1. The zero-order chi connectivity index (χ0) is 17.8. The SMILES string of the molecule is Cc1cccn2c(=O)cc(COC(=O)/C=C/c3cccc(F)c3)nc12. The van der Waals surface area contributed by atoms with Crippen LogP contribution in [-0.2, 0) is 16.1 Å². The van der Waals surface area contributed by atoms with Gasteiger partial charge >= 0.3 is 5.97 Å². The van der Waals surface area contributed by atoms with Crippen molar-refractivity contribution in [3.05, 3.63) is 87.7 Å². The van der Waals surface area contributed by atoms with Crippen molar-refractivity contribution in [2.75, 3.05) is 0 Å². The Hall–Kier alpha value is -3.28. The van der Waals surface area contributed by atoms with Crippen molar-refractivity contribution in [3.63, 3.8) is 0 Å². The number of hydrogen-bond donors (Lipinski definition) is 0. The van der Waals surface area contributed by atoms with E-state index in [0.717, 1.165) is 5.56 Å². The average Bonchev–Trinajstić information content (AvgIpc) is 2.59. The van der Waals surface area contributed by atoms with Gasteiger partial charge in [-0.3, -0.25) is 9.20 Å². The number of aryl methyl sites for hydroxylation is 1. The van der Waals surface area contributed by atoms with Crippen LogP contribution in [0.25, 0.3) is 11.7 Å². The van der Waals surface area contributed by atoms with Gasteiger partial charge in [0.25, 0.3) is 5.56 Å². The van der Waals surface area contributed by atoms with E-state index in [1.165, 1.54) is 34.8 Å². The molecule has 0 N–H and O–H groups in total. The first-order chi connectivity index (χ1) is 12.0. The first-order valence-electron chi connectivity index (χ1n) is 7.61. The number of hydrogen-bond acceptors (Lipinski definition) is 4. The summed E-state index contributed by atoms with van der Waals surface area (Å²) >= 11 is 0. The van der Waals surface area contributed by atoms with Gasteiger partial charge < -0.3 is 4.74 Å². The van der Waals surface area contributed by atoms with Gasteiger partial charge in [0.2, 0.25) is 0 Å². The number of fused-ring (bicyclic) bond motifs is 1. The van der Waals surface area contributed by atoms with Crippen LogP contribution in [0.4, 0.5) is 4.39 Å². The van der Waals surface area contributed by atoms with E-state index < -0.39 is 5.97 Å². The molecule has 6 heteroatoms. The monoisotopic (exact) mass is 338 g/mol. The highest BCUT2D eigenvalue weighted by Crippen LogP contribution is 2.08. The van der Waals surface area contributed by atoms with E-state index in [1.54, 1.807) is 24.4 Å². The Labute approximate surface area is 143 Å². The lowest BCUT2D eigenvalue weighted by atomic mass is 10.2. The molecule has 2 aromatic heterocycles. The fourth-order valence-electron chi connectivity index (χ4n) is 2.35. The van der Waals surface area contributed by atoms with Gasteiger partial charge in [-0.2, -0.15) is 0 Å². The smallest absolute Gasteiger partial charge is 0.331 e. The summed E-state index contributed by atoms with van der Waals surface area (Å²) in [5.74, 6) is -0.984. The third-order valence-corrected chi connectivity index (χ3v) is 3.56. The molecule has 0 amide bonds. The fraction of sp³-hybridized carbons (Fsp3) is 0.105. The fourth-order valence-corrected chi connectivity index (χ4v) is 2.35. The highest BCUT2D eigenvalue weighted by molar-refractivity contribution is 5.87. The van der Waals surface area contributed by atoms with Crippen molar-refractivity contribution >= 4 is 17.7 Å². The quantitative estimate of drug-likeness (QED) is 0.542. The molecule has 126 valence electrons. The molecule has 0 unspecified atom stereocenters. The van der Waals surface area contributed by atoms with E-state index in [1.807, 2.05) is 13.0 Å². The predicted octanol–water partition coefficient (Wildman–Crippen LogP) is 2.90. The molecule has 3 rings (SSSR count). The molecular formula is C19H15FN2O3. The molecular weight excluding hydrogens is 323 g/mol. The molecule has 2 heterocycles. The van der Waals surface area contributed by atoms with Crippen LogP contribution < -0.4 is 5.56 Å². The summed E-state index contributed by atoms with van der Waals surface area (Å²) in [5.41, 5.74) is 2.05. The number of nitrogens with zero attached hydrogens (tertiary/aromatic N) is 2. The number of carbonyl (C=O) groups excluding carboxylic acids is 1. The number of carbonyl (C=O) groups is 1.